The van der Waals surface area contributed by atoms with E-state index < -0.39 is 29.2 Å². The highest BCUT2D eigenvalue weighted by atomic mass is 32.2. The molecule has 2 amide bonds. The van der Waals surface area contributed by atoms with Crippen LogP contribution in [0.2, 0.25) is 0 Å². The molecule has 2 fully saturated rings. The number of nitrogens with two attached hydrogens (primary N) is 1. The number of β-lactam (4-membered cyclic amide) rings is 1. The zero-order valence-electron chi connectivity index (χ0n) is 14.2. The Kier molecular flexibility index (Phi) is 5.21. The summed E-state index contributed by atoms with van der Waals surface area (Å²) in [6.07, 6.45) is 1.41. The lowest BCUT2D eigenvalue weighted by atomic mass is 10.0. The summed E-state index contributed by atoms with van der Waals surface area (Å²) in [6.45, 7) is 0. The van der Waals surface area contributed by atoms with E-state index in [1.807, 2.05) is 0 Å². The zero-order valence-corrected chi connectivity index (χ0v) is 16.7. The second-order valence-electron chi connectivity index (χ2n) is 6.05. The Morgan fingerprint density at radius 1 is 1.43 bits per heavy atom. The van der Waals surface area contributed by atoms with Crippen LogP contribution in [0.25, 0.3) is 0 Å². The van der Waals surface area contributed by atoms with Crippen molar-refractivity contribution in [2.45, 2.75) is 17.5 Å². The fourth-order valence-electron chi connectivity index (χ4n) is 2.75. The van der Waals surface area contributed by atoms with Gasteiger partial charge in [0.15, 0.2) is 10.8 Å². The Labute approximate surface area is 171 Å². The summed E-state index contributed by atoms with van der Waals surface area (Å²) in [5.41, 5.74) is 5.79. The second-order valence-corrected chi connectivity index (χ2v) is 9.17. The van der Waals surface area contributed by atoms with E-state index in [0.29, 0.717) is 5.75 Å². The summed E-state index contributed by atoms with van der Waals surface area (Å²) in [5, 5.41) is 17.2. The number of fused-ring (bicyclic) bond motifs is 1. The largest absolute Gasteiger partial charge is 0.477 e. The molecule has 10 nitrogen and oxygen atoms in total. The number of nitrogens with one attached hydrogen (secondary N) is 1. The van der Waals surface area contributed by atoms with E-state index in [2.05, 4.69) is 15.5 Å². The number of carboxylic acid groups (broad SMARTS) is 1. The topological polar surface area (TPSA) is 147 Å². The molecule has 1 aromatic rings. The predicted molar refractivity (Wildman–Crippen MR) is 106 cm³/mol. The minimum Gasteiger partial charge on any atom is -0.477 e. The molecule has 28 heavy (non-hydrogen) atoms. The third kappa shape index (κ3) is 3.44. The number of nitrogens with zero attached hydrogens (tertiary/aromatic N) is 3. The predicted octanol–water partition coefficient (Wildman–Crippen LogP) is -0.0702. The Morgan fingerprint density at radius 3 is 2.82 bits per heavy atom. The van der Waals surface area contributed by atoms with Gasteiger partial charge in [0.2, 0.25) is 0 Å². The molecular formula is C15H15N5O5S3. The number of thioether (sulfide) groups is 2. The van der Waals surface area contributed by atoms with Crippen molar-refractivity contribution in [2.75, 3.05) is 23.0 Å². The molecular weight excluding hydrogens is 426 g/mol. The van der Waals surface area contributed by atoms with E-state index in [-0.39, 0.29) is 28.3 Å². The molecule has 13 heteroatoms. The zero-order chi connectivity index (χ0) is 19.8. The van der Waals surface area contributed by atoms with Gasteiger partial charge in [0.1, 0.15) is 28.9 Å². The molecule has 0 saturated carbocycles. The lowest BCUT2D eigenvalue weighted by Gasteiger charge is -2.48. The van der Waals surface area contributed by atoms with Gasteiger partial charge in [0, 0.05) is 22.6 Å². The number of nitrogen functional groups attached to an aromatic ring is 1. The molecule has 2 saturated heterocycles. The number of hydrogen-bond acceptors (Lipinski definition) is 10. The lowest BCUT2D eigenvalue weighted by molar-refractivity contribution is -0.150. The molecule has 0 radical (unpaired) electrons. The Balaban J connectivity index is 1.49. The second kappa shape index (κ2) is 7.64. The van der Waals surface area contributed by atoms with E-state index in [0.717, 1.165) is 22.8 Å². The van der Waals surface area contributed by atoms with Gasteiger partial charge in [-0.1, -0.05) is 5.16 Å². The highest BCUT2D eigenvalue weighted by Crippen LogP contribution is 2.37. The van der Waals surface area contributed by atoms with Crippen LogP contribution >= 0.6 is 34.9 Å². The quantitative estimate of drug-likeness (QED) is 0.313. The maximum atomic E-state index is 12.8. The molecule has 1 aromatic heterocycles. The van der Waals surface area contributed by atoms with Crippen molar-refractivity contribution in [1.29, 1.82) is 0 Å². The van der Waals surface area contributed by atoms with Crippen molar-refractivity contribution in [3.8, 4) is 0 Å². The van der Waals surface area contributed by atoms with Gasteiger partial charge < -0.3 is 21.0 Å². The average molecular weight is 442 g/mol. The Hall–Kier alpha value is -2.25. The molecule has 4 heterocycles. The van der Waals surface area contributed by atoms with Gasteiger partial charge in [0.05, 0.1) is 0 Å². The number of hydrogen-bond donors (Lipinski definition) is 3. The molecule has 0 bridgehead atoms. The van der Waals surface area contributed by atoms with Crippen LogP contribution in [0.4, 0.5) is 5.13 Å². The fraction of sp³-hybridized carbons (Fsp3) is 0.400. The number of carbonyl (C=O) groups excluding carboxylic acids is 2. The molecule has 0 aromatic carbocycles. The maximum absolute atomic E-state index is 12.8. The number of rotatable bonds is 6. The minimum atomic E-state index is -1.17. The number of aliphatic carboxylic acids is 1. The van der Waals surface area contributed by atoms with Crippen LogP contribution in [0.3, 0.4) is 0 Å². The summed E-state index contributed by atoms with van der Waals surface area (Å²) in [7, 11) is 0. The highest BCUT2D eigenvalue weighted by Gasteiger charge is 2.53. The van der Waals surface area contributed by atoms with E-state index >= 15 is 0 Å². The molecule has 0 spiro atoms. The van der Waals surface area contributed by atoms with Crippen molar-refractivity contribution in [1.82, 2.24) is 15.2 Å². The molecule has 4 N–H and O–H groups in total. The van der Waals surface area contributed by atoms with Gasteiger partial charge in [-0.3, -0.25) is 14.5 Å². The molecule has 1 unspecified atom stereocenters. The van der Waals surface area contributed by atoms with Crippen molar-refractivity contribution >= 4 is 63.5 Å². The van der Waals surface area contributed by atoms with E-state index in [1.165, 1.54) is 22.7 Å². The highest BCUT2D eigenvalue weighted by molar-refractivity contribution is 8.00. The number of anilines is 1. The van der Waals surface area contributed by atoms with Gasteiger partial charge in [-0.25, -0.2) is 9.78 Å². The van der Waals surface area contributed by atoms with Crippen LogP contribution in [0.5, 0.6) is 0 Å². The van der Waals surface area contributed by atoms with E-state index in [4.69, 9.17) is 10.6 Å². The van der Waals surface area contributed by atoms with Gasteiger partial charge in [-0.15, -0.1) is 23.1 Å². The normalized spacial score (nSPS) is 24.6. The molecule has 4 rings (SSSR count). The summed E-state index contributed by atoms with van der Waals surface area (Å²) >= 11 is 4.24. The average Bonchev–Trinajstić information content (AvgIpc) is 3.06. The first-order chi connectivity index (χ1) is 13.5. The summed E-state index contributed by atoms with van der Waals surface area (Å²) in [6, 6.07) is -0.846. The van der Waals surface area contributed by atoms with Crippen LogP contribution < -0.4 is 11.1 Å². The van der Waals surface area contributed by atoms with Crippen LogP contribution in [0.15, 0.2) is 22.3 Å². The monoisotopic (exact) mass is 441 g/mol. The number of aromatic nitrogens is 1. The first-order valence-corrected chi connectivity index (χ1v) is 11.3. The SMILES string of the molecule is Nc1nc(/C(=N\OC2CSC2)C(=O)NC2C(=O)N3C(C(=O)O)=CCS[C@H]23)cs1. The van der Waals surface area contributed by atoms with Gasteiger partial charge in [0.25, 0.3) is 11.8 Å². The molecule has 148 valence electrons. The molecule has 3 aliphatic rings. The Bertz CT molecular complexity index is 896. The first kappa shape index (κ1) is 19.1. The van der Waals surface area contributed by atoms with Crippen LogP contribution in [0, 0.1) is 0 Å². The van der Waals surface area contributed by atoms with Crippen LogP contribution in [-0.2, 0) is 19.2 Å². The van der Waals surface area contributed by atoms with Crippen molar-refractivity contribution < 1.29 is 24.3 Å². The van der Waals surface area contributed by atoms with Crippen molar-refractivity contribution in [2.24, 2.45) is 5.16 Å². The Morgan fingerprint density at radius 2 is 2.21 bits per heavy atom. The fourth-order valence-corrected chi connectivity index (χ4v) is 5.04. The van der Waals surface area contributed by atoms with Crippen molar-refractivity contribution in [3.63, 3.8) is 0 Å². The molecule has 2 atom stereocenters. The summed E-state index contributed by atoms with van der Waals surface area (Å²) in [4.78, 5) is 47.1. The standard InChI is InChI=1S/C15H15N5O5S3/c16-15-17-7(5-28-15)9(19-25-6-3-26-4-6)11(21)18-10-12(22)20-8(14(23)24)1-2-27-13(10)20/h1,5-6,10,13H,2-4H2,(H2,16,17)(H,18,21)(H,23,24)/b19-9+/t10?,13-/m1/s1. The van der Waals surface area contributed by atoms with Gasteiger partial charge in [-0.2, -0.15) is 11.8 Å². The summed E-state index contributed by atoms with van der Waals surface area (Å²) < 4.78 is 0. The number of thiazole rings is 1. The number of oxime groups is 1. The maximum Gasteiger partial charge on any atom is 0.352 e. The third-order valence-electron chi connectivity index (χ3n) is 4.23. The third-order valence-corrected chi connectivity index (χ3v) is 7.30. The van der Waals surface area contributed by atoms with Crippen LogP contribution in [0.1, 0.15) is 5.69 Å². The minimum absolute atomic E-state index is 0.0637. The summed E-state index contributed by atoms with van der Waals surface area (Å²) in [5.74, 6) is -0.257. The lowest BCUT2D eigenvalue weighted by Crippen LogP contribution is -2.70. The number of carboxylic acids is 1. The van der Waals surface area contributed by atoms with E-state index in [9.17, 15) is 19.5 Å². The molecule has 0 aliphatic carbocycles. The van der Waals surface area contributed by atoms with E-state index in [1.54, 1.807) is 17.1 Å². The molecule has 3 aliphatic heterocycles. The van der Waals surface area contributed by atoms with Gasteiger partial charge in [-0.05, 0) is 6.08 Å². The number of amides is 2. The smallest absolute Gasteiger partial charge is 0.352 e. The van der Waals surface area contributed by atoms with Crippen molar-refractivity contribution in [3.05, 3.63) is 22.8 Å². The number of carbonyl (C=O) groups is 3. The van der Waals surface area contributed by atoms with Crippen LogP contribution in [-0.4, -0.2) is 73.3 Å². The van der Waals surface area contributed by atoms with Gasteiger partial charge >= 0.3 is 5.97 Å². The first-order valence-electron chi connectivity index (χ1n) is 8.17.